The molecule has 0 bridgehead atoms. The summed E-state index contributed by atoms with van der Waals surface area (Å²) < 4.78 is 0. The van der Waals surface area contributed by atoms with Crippen LogP contribution < -0.4 is 0 Å². The lowest BCUT2D eigenvalue weighted by atomic mass is 9.82. The van der Waals surface area contributed by atoms with Gasteiger partial charge in [0, 0.05) is 5.92 Å². The first-order chi connectivity index (χ1) is 15.3. The molecule has 0 radical (unpaired) electrons. The van der Waals surface area contributed by atoms with Gasteiger partial charge in [-0.15, -0.1) is 0 Å². The van der Waals surface area contributed by atoms with Gasteiger partial charge in [-0.05, 0) is 33.4 Å². The largest absolute Gasteiger partial charge is 0.0943 e. The third-order valence-corrected chi connectivity index (χ3v) is 5.38. The number of hydrogen-bond donors (Lipinski definition) is 0. The van der Waals surface area contributed by atoms with Crippen LogP contribution >= 0.6 is 0 Å². The minimum Gasteiger partial charge on any atom is -0.0943 e. The zero-order chi connectivity index (χ0) is 21.3. The highest BCUT2D eigenvalue weighted by Crippen LogP contribution is 2.36. The summed E-state index contributed by atoms with van der Waals surface area (Å²) in [7, 11) is 0. The molecule has 0 nitrogen and oxygen atoms in total. The first-order valence-electron chi connectivity index (χ1n) is 10.6. The average molecular weight is 399 g/mol. The van der Waals surface area contributed by atoms with Crippen molar-refractivity contribution in [2.45, 2.75) is 5.92 Å². The molecule has 0 amide bonds. The van der Waals surface area contributed by atoms with Crippen molar-refractivity contribution in [1.82, 2.24) is 0 Å². The van der Waals surface area contributed by atoms with Gasteiger partial charge in [0.2, 0.25) is 0 Å². The van der Waals surface area contributed by atoms with Crippen molar-refractivity contribution < 1.29 is 0 Å². The Morgan fingerprint density at radius 1 is 0.516 bits per heavy atom. The second-order valence-electron chi connectivity index (χ2n) is 7.53. The third-order valence-electron chi connectivity index (χ3n) is 5.38. The fraction of sp³-hybridized carbons (Fsp3) is 0.0323. The summed E-state index contributed by atoms with van der Waals surface area (Å²) in [5, 5.41) is 0. The lowest BCUT2D eigenvalue weighted by Gasteiger charge is -2.21. The summed E-state index contributed by atoms with van der Waals surface area (Å²) in [4.78, 5) is 0. The molecule has 1 unspecified atom stereocenters. The molecule has 0 saturated carbocycles. The Morgan fingerprint density at radius 2 is 0.968 bits per heavy atom. The molecule has 0 spiro atoms. The molecule has 0 aliphatic carbocycles. The Hall–Kier alpha value is -3.90. The molecule has 0 heterocycles. The molecule has 0 aliphatic heterocycles. The van der Waals surface area contributed by atoms with Gasteiger partial charge in [0.15, 0.2) is 0 Å². The molecule has 4 aromatic rings. The Kier molecular flexibility index (Phi) is 6.72. The number of benzene rings is 4. The average Bonchev–Trinajstić information content (AvgIpc) is 2.85. The summed E-state index contributed by atoms with van der Waals surface area (Å²) in [6.07, 6.45) is 8.40. The highest BCUT2D eigenvalue weighted by molar-refractivity contribution is 5.73. The molecule has 4 rings (SSSR count). The molecule has 0 heteroatoms. The molecule has 0 saturated heterocycles. The number of hydrogen-bond acceptors (Lipinski definition) is 0. The Morgan fingerprint density at radius 3 is 1.55 bits per heavy atom. The molecule has 0 N–H and O–H groups in total. The standard InChI is InChI=1S/C31H26/c1-25(28-17-7-3-8-18-28)31(29-19-9-4-10-20-29)30-23-21-27(22-24-30)16-12-11-15-26-13-5-2-6-14-26/h2-24,31H,1H2/b15-11+,16-12+. The second-order valence-corrected chi connectivity index (χ2v) is 7.53. The maximum Gasteiger partial charge on any atom is 0.0340 e. The van der Waals surface area contributed by atoms with Crippen LogP contribution in [-0.4, -0.2) is 0 Å². The second kappa shape index (κ2) is 10.2. The third kappa shape index (κ3) is 5.38. The van der Waals surface area contributed by atoms with Gasteiger partial charge in [0.25, 0.3) is 0 Å². The van der Waals surface area contributed by atoms with Crippen molar-refractivity contribution in [3.63, 3.8) is 0 Å². The summed E-state index contributed by atoms with van der Waals surface area (Å²) >= 11 is 0. The van der Waals surface area contributed by atoms with Crippen LogP contribution in [0.4, 0.5) is 0 Å². The molecule has 31 heavy (non-hydrogen) atoms. The smallest absolute Gasteiger partial charge is 0.0340 e. The van der Waals surface area contributed by atoms with Gasteiger partial charge in [-0.25, -0.2) is 0 Å². The van der Waals surface area contributed by atoms with Crippen molar-refractivity contribution in [1.29, 1.82) is 0 Å². The monoisotopic (exact) mass is 398 g/mol. The van der Waals surface area contributed by atoms with Crippen LogP contribution in [0, 0.1) is 0 Å². The minimum atomic E-state index is 0.125. The van der Waals surface area contributed by atoms with Crippen molar-refractivity contribution in [3.05, 3.63) is 162 Å². The van der Waals surface area contributed by atoms with Gasteiger partial charge in [-0.3, -0.25) is 0 Å². The molecular formula is C31H26. The first kappa shape index (κ1) is 20.4. The van der Waals surface area contributed by atoms with E-state index in [1.807, 2.05) is 12.1 Å². The summed E-state index contributed by atoms with van der Waals surface area (Å²) in [6.45, 7) is 4.47. The van der Waals surface area contributed by atoms with E-state index < -0.39 is 0 Å². The Balaban J connectivity index is 1.56. The maximum absolute atomic E-state index is 4.47. The molecule has 0 fully saturated rings. The van der Waals surface area contributed by atoms with Gasteiger partial charge in [-0.2, -0.15) is 0 Å². The highest BCUT2D eigenvalue weighted by atomic mass is 14.2. The predicted molar refractivity (Wildman–Crippen MR) is 135 cm³/mol. The van der Waals surface area contributed by atoms with Crippen LogP contribution in [0.1, 0.15) is 33.7 Å². The van der Waals surface area contributed by atoms with Crippen LogP contribution in [0.25, 0.3) is 17.7 Å². The van der Waals surface area contributed by atoms with E-state index in [1.54, 1.807) is 0 Å². The minimum absolute atomic E-state index is 0.125. The van der Waals surface area contributed by atoms with Gasteiger partial charge in [-0.1, -0.05) is 146 Å². The zero-order valence-electron chi connectivity index (χ0n) is 17.6. The van der Waals surface area contributed by atoms with E-state index in [0.717, 1.165) is 5.57 Å². The van der Waals surface area contributed by atoms with Gasteiger partial charge in [0.1, 0.15) is 0 Å². The van der Waals surface area contributed by atoms with Crippen LogP contribution in [0.5, 0.6) is 0 Å². The van der Waals surface area contributed by atoms with E-state index in [4.69, 9.17) is 0 Å². The Bertz CT molecular complexity index is 1150. The van der Waals surface area contributed by atoms with Gasteiger partial charge in [0.05, 0.1) is 0 Å². The predicted octanol–water partition coefficient (Wildman–Crippen LogP) is 8.26. The summed E-state index contributed by atoms with van der Waals surface area (Å²) in [5.41, 5.74) is 7.17. The van der Waals surface area contributed by atoms with Gasteiger partial charge >= 0.3 is 0 Å². The van der Waals surface area contributed by atoms with Gasteiger partial charge < -0.3 is 0 Å². The topological polar surface area (TPSA) is 0 Å². The fourth-order valence-electron chi connectivity index (χ4n) is 3.76. The molecule has 1 atom stereocenters. The van der Waals surface area contributed by atoms with E-state index >= 15 is 0 Å². The molecule has 0 aliphatic rings. The van der Waals surface area contributed by atoms with E-state index in [-0.39, 0.29) is 5.92 Å². The van der Waals surface area contributed by atoms with Crippen molar-refractivity contribution in [3.8, 4) is 0 Å². The quantitative estimate of drug-likeness (QED) is 0.275. The first-order valence-corrected chi connectivity index (χ1v) is 10.6. The number of rotatable bonds is 7. The highest BCUT2D eigenvalue weighted by Gasteiger charge is 2.18. The van der Waals surface area contributed by atoms with Crippen molar-refractivity contribution in [2.75, 3.05) is 0 Å². The zero-order valence-corrected chi connectivity index (χ0v) is 17.6. The molecule has 4 aromatic carbocycles. The van der Waals surface area contributed by atoms with Crippen LogP contribution in [0.3, 0.4) is 0 Å². The molecule has 150 valence electrons. The Labute approximate surface area is 185 Å². The van der Waals surface area contributed by atoms with E-state index in [1.165, 1.54) is 27.8 Å². The SMILES string of the molecule is C=C(c1ccccc1)C(c1ccccc1)c1ccc(/C=C/C=C/c2ccccc2)cc1. The van der Waals surface area contributed by atoms with Crippen molar-refractivity contribution in [2.24, 2.45) is 0 Å². The lowest BCUT2D eigenvalue weighted by Crippen LogP contribution is -2.03. The fourth-order valence-corrected chi connectivity index (χ4v) is 3.76. The summed E-state index contributed by atoms with van der Waals surface area (Å²) in [6, 6.07) is 40.2. The van der Waals surface area contributed by atoms with E-state index in [2.05, 4.69) is 134 Å². The van der Waals surface area contributed by atoms with E-state index in [0.29, 0.717) is 0 Å². The molecule has 0 aromatic heterocycles. The summed E-state index contributed by atoms with van der Waals surface area (Å²) in [5.74, 6) is 0.125. The van der Waals surface area contributed by atoms with E-state index in [9.17, 15) is 0 Å². The van der Waals surface area contributed by atoms with Crippen LogP contribution in [0.2, 0.25) is 0 Å². The maximum atomic E-state index is 4.47. The van der Waals surface area contributed by atoms with Crippen molar-refractivity contribution >= 4 is 17.7 Å². The van der Waals surface area contributed by atoms with Crippen LogP contribution in [0.15, 0.2) is 134 Å². The normalized spacial score (nSPS) is 12.3. The molecular weight excluding hydrogens is 372 g/mol. The lowest BCUT2D eigenvalue weighted by molar-refractivity contribution is 1.05. The van der Waals surface area contributed by atoms with Crippen LogP contribution in [-0.2, 0) is 0 Å². The number of allylic oxidation sites excluding steroid dienone is 3.